The van der Waals surface area contributed by atoms with E-state index in [0.717, 1.165) is 19.5 Å². The van der Waals surface area contributed by atoms with Gasteiger partial charge in [0.2, 0.25) is 5.91 Å². The highest BCUT2D eigenvalue weighted by Gasteiger charge is 2.44. The molecule has 2 aliphatic carbocycles. The quantitative estimate of drug-likeness (QED) is 0.795. The number of benzene rings is 1. The average molecular weight is 283 g/mol. The van der Waals surface area contributed by atoms with Crippen molar-refractivity contribution in [3.8, 4) is 0 Å². The van der Waals surface area contributed by atoms with Crippen LogP contribution in [0.5, 0.6) is 0 Å². The Labute approximate surface area is 125 Å². The first-order valence-corrected chi connectivity index (χ1v) is 7.92. The molecule has 0 radical (unpaired) electrons. The second kappa shape index (κ2) is 5.30. The van der Waals surface area contributed by atoms with Crippen LogP contribution < -0.4 is 0 Å². The van der Waals surface area contributed by atoms with Crippen LogP contribution in [-0.2, 0) is 16.1 Å². The molecule has 3 heteroatoms. The molecule has 1 amide bonds. The van der Waals surface area contributed by atoms with Crippen LogP contribution >= 0.6 is 0 Å². The van der Waals surface area contributed by atoms with Crippen LogP contribution in [0.4, 0.5) is 0 Å². The molecule has 2 fully saturated rings. The minimum absolute atomic E-state index is 0.211. The second-order valence-electron chi connectivity index (χ2n) is 6.55. The maximum Gasteiger partial charge on any atom is 0.226 e. The highest BCUT2D eigenvalue weighted by Crippen LogP contribution is 2.44. The molecular formula is C18H21NO2. The van der Waals surface area contributed by atoms with Gasteiger partial charge in [0.1, 0.15) is 0 Å². The van der Waals surface area contributed by atoms with Crippen LogP contribution in [-0.4, -0.2) is 30.0 Å². The summed E-state index contributed by atoms with van der Waals surface area (Å²) in [5, 5.41) is 0. The zero-order valence-electron chi connectivity index (χ0n) is 12.2. The molecule has 1 aromatic carbocycles. The third-order valence-corrected chi connectivity index (χ3v) is 5.08. The van der Waals surface area contributed by atoms with Gasteiger partial charge in [-0.15, -0.1) is 0 Å². The number of allylic oxidation sites excluding steroid dienone is 2. The standard InChI is InChI=1S/C18H21NO2/c20-18(17-9-14-6-7-15(17)8-14)19-10-16(11-19)21-12-13-4-2-1-3-5-13/h1-7,14-17H,8-12H2/t14-,15+,17+/m0/s1. The van der Waals surface area contributed by atoms with Crippen molar-refractivity contribution >= 4 is 5.91 Å². The molecule has 3 nitrogen and oxygen atoms in total. The molecule has 21 heavy (non-hydrogen) atoms. The zero-order chi connectivity index (χ0) is 14.2. The van der Waals surface area contributed by atoms with E-state index < -0.39 is 0 Å². The molecular weight excluding hydrogens is 262 g/mol. The molecule has 0 unspecified atom stereocenters. The van der Waals surface area contributed by atoms with Crippen LogP contribution in [0.3, 0.4) is 0 Å². The normalized spacial score (nSPS) is 30.7. The van der Waals surface area contributed by atoms with Gasteiger partial charge in [-0.25, -0.2) is 0 Å². The number of rotatable bonds is 4. The molecule has 0 spiro atoms. The molecule has 3 aliphatic rings. The van der Waals surface area contributed by atoms with Gasteiger partial charge in [0.15, 0.2) is 0 Å². The largest absolute Gasteiger partial charge is 0.370 e. The van der Waals surface area contributed by atoms with Gasteiger partial charge in [-0.05, 0) is 30.2 Å². The van der Waals surface area contributed by atoms with Crippen molar-refractivity contribution in [2.75, 3.05) is 13.1 Å². The predicted octanol–water partition coefficient (Wildman–Crippen LogP) is 2.63. The molecule has 0 aromatic heterocycles. The van der Waals surface area contributed by atoms with Crippen molar-refractivity contribution in [2.24, 2.45) is 17.8 Å². The molecule has 1 saturated carbocycles. The lowest BCUT2D eigenvalue weighted by Gasteiger charge is -2.41. The lowest BCUT2D eigenvalue weighted by Crippen LogP contribution is -2.56. The first kappa shape index (κ1) is 13.1. The van der Waals surface area contributed by atoms with Gasteiger partial charge < -0.3 is 9.64 Å². The van der Waals surface area contributed by atoms with Crippen molar-refractivity contribution in [3.63, 3.8) is 0 Å². The van der Waals surface area contributed by atoms with Crippen molar-refractivity contribution in [1.82, 2.24) is 4.90 Å². The Bertz CT molecular complexity index is 548. The number of hydrogen-bond donors (Lipinski definition) is 0. The lowest BCUT2D eigenvalue weighted by atomic mass is 9.91. The summed E-state index contributed by atoms with van der Waals surface area (Å²) in [7, 11) is 0. The maximum absolute atomic E-state index is 12.5. The summed E-state index contributed by atoms with van der Waals surface area (Å²) in [6.07, 6.45) is 7.00. The maximum atomic E-state index is 12.5. The highest BCUT2D eigenvalue weighted by molar-refractivity contribution is 5.81. The Kier molecular flexibility index (Phi) is 3.30. The van der Waals surface area contributed by atoms with Gasteiger partial charge in [-0.1, -0.05) is 42.5 Å². The van der Waals surface area contributed by atoms with Gasteiger partial charge >= 0.3 is 0 Å². The minimum Gasteiger partial charge on any atom is -0.370 e. The van der Waals surface area contributed by atoms with Crippen molar-refractivity contribution < 1.29 is 9.53 Å². The summed E-state index contributed by atoms with van der Waals surface area (Å²) < 4.78 is 5.86. The number of carbonyl (C=O) groups is 1. The molecule has 1 aliphatic heterocycles. The first-order chi connectivity index (χ1) is 10.3. The molecule has 3 atom stereocenters. The smallest absolute Gasteiger partial charge is 0.226 e. The third-order valence-electron chi connectivity index (χ3n) is 5.08. The third kappa shape index (κ3) is 2.51. The van der Waals surface area contributed by atoms with E-state index in [1.165, 1.54) is 12.0 Å². The number of amides is 1. The Morgan fingerprint density at radius 1 is 1.14 bits per heavy atom. The number of nitrogens with zero attached hydrogens (tertiary/aromatic N) is 1. The van der Waals surface area contributed by atoms with Crippen LogP contribution in [0, 0.1) is 17.8 Å². The number of ether oxygens (including phenoxy) is 1. The van der Waals surface area contributed by atoms with E-state index in [-0.39, 0.29) is 12.0 Å². The topological polar surface area (TPSA) is 29.5 Å². The Balaban J connectivity index is 1.24. The fourth-order valence-electron chi connectivity index (χ4n) is 3.81. The molecule has 2 bridgehead atoms. The monoisotopic (exact) mass is 283 g/mol. The van der Waals surface area contributed by atoms with Crippen molar-refractivity contribution in [1.29, 1.82) is 0 Å². The van der Waals surface area contributed by atoms with Crippen LogP contribution in [0.25, 0.3) is 0 Å². The fraction of sp³-hybridized carbons (Fsp3) is 0.500. The molecule has 110 valence electrons. The van der Waals surface area contributed by atoms with Gasteiger partial charge in [0.25, 0.3) is 0 Å². The molecule has 1 aromatic rings. The van der Waals surface area contributed by atoms with E-state index >= 15 is 0 Å². The molecule has 0 N–H and O–H groups in total. The molecule has 1 heterocycles. The zero-order valence-corrected chi connectivity index (χ0v) is 12.2. The van der Waals surface area contributed by atoms with Crippen molar-refractivity contribution in [2.45, 2.75) is 25.6 Å². The van der Waals surface area contributed by atoms with E-state index in [2.05, 4.69) is 24.3 Å². The Hall–Kier alpha value is -1.61. The van der Waals surface area contributed by atoms with E-state index in [0.29, 0.717) is 24.3 Å². The van der Waals surface area contributed by atoms with Crippen LogP contribution in [0.15, 0.2) is 42.5 Å². The Morgan fingerprint density at radius 3 is 2.62 bits per heavy atom. The molecule has 4 rings (SSSR count). The van der Waals surface area contributed by atoms with E-state index in [1.54, 1.807) is 0 Å². The van der Waals surface area contributed by atoms with Gasteiger partial charge in [0.05, 0.1) is 12.7 Å². The summed E-state index contributed by atoms with van der Waals surface area (Å²) in [6.45, 7) is 2.18. The van der Waals surface area contributed by atoms with Gasteiger partial charge in [-0.3, -0.25) is 4.79 Å². The second-order valence-corrected chi connectivity index (χ2v) is 6.55. The number of likely N-dealkylation sites (tertiary alicyclic amines) is 1. The van der Waals surface area contributed by atoms with E-state index in [1.807, 2.05) is 23.1 Å². The number of hydrogen-bond acceptors (Lipinski definition) is 2. The highest BCUT2D eigenvalue weighted by atomic mass is 16.5. The summed E-state index contributed by atoms with van der Waals surface area (Å²) in [5.41, 5.74) is 1.19. The summed E-state index contributed by atoms with van der Waals surface area (Å²) in [5.74, 6) is 1.77. The van der Waals surface area contributed by atoms with Gasteiger partial charge in [-0.2, -0.15) is 0 Å². The summed E-state index contributed by atoms with van der Waals surface area (Å²) in [6, 6.07) is 10.2. The summed E-state index contributed by atoms with van der Waals surface area (Å²) >= 11 is 0. The SMILES string of the molecule is O=C([C@@H]1C[C@H]2C=C[C@@H]1C2)N1CC(OCc2ccccc2)C1. The minimum atomic E-state index is 0.211. The molecule has 1 saturated heterocycles. The van der Waals surface area contributed by atoms with E-state index in [9.17, 15) is 4.79 Å². The average Bonchev–Trinajstić information content (AvgIpc) is 3.09. The summed E-state index contributed by atoms with van der Waals surface area (Å²) in [4.78, 5) is 14.5. The van der Waals surface area contributed by atoms with Crippen molar-refractivity contribution in [3.05, 3.63) is 48.0 Å². The number of fused-ring (bicyclic) bond motifs is 2. The lowest BCUT2D eigenvalue weighted by molar-refractivity contribution is -0.151. The fourth-order valence-corrected chi connectivity index (χ4v) is 3.81. The van der Waals surface area contributed by atoms with E-state index in [4.69, 9.17) is 4.74 Å². The van der Waals surface area contributed by atoms with Gasteiger partial charge in [0, 0.05) is 19.0 Å². The first-order valence-electron chi connectivity index (χ1n) is 7.92. The predicted molar refractivity (Wildman–Crippen MR) is 80.4 cm³/mol. The van der Waals surface area contributed by atoms with Crippen LogP contribution in [0.2, 0.25) is 0 Å². The van der Waals surface area contributed by atoms with Crippen LogP contribution in [0.1, 0.15) is 18.4 Å². The number of carbonyl (C=O) groups excluding carboxylic acids is 1. The Morgan fingerprint density at radius 2 is 1.95 bits per heavy atom.